The van der Waals surface area contributed by atoms with Crippen LogP contribution in [-0.2, 0) is 20.1 Å². The number of furan rings is 1. The number of aromatic amines is 1. The summed E-state index contributed by atoms with van der Waals surface area (Å²) in [4.78, 5) is 53.6. The lowest BCUT2D eigenvalue weighted by atomic mass is 10.2. The highest BCUT2D eigenvalue weighted by molar-refractivity contribution is 6.07. The van der Waals surface area contributed by atoms with E-state index in [2.05, 4.69) is 4.98 Å². The molecule has 3 rings (SSSR count). The third-order valence-corrected chi connectivity index (χ3v) is 4.71. The molecule has 0 fully saturated rings. The minimum Gasteiger partial charge on any atom is -0.467 e. The molecule has 0 bridgehead atoms. The Labute approximate surface area is 171 Å². The summed E-state index contributed by atoms with van der Waals surface area (Å²) in [5.74, 6) is -0.347. The summed E-state index contributed by atoms with van der Waals surface area (Å²) in [6.45, 7) is 2.14. The molecule has 0 atom stereocenters. The molecule has 30 heavy (non-hydrogen) atoms. The number of hydrogen-bond acceptors (Lipinski definition) is 6. The van der Waals surface area contributed by atoms with Gasteiger partial charge in [0.15, 0.2) is 5.69 Å². The Bertz CT molecular complexity index is 1220. The second kappa shape index (κ2) is 8.68. The first kappa shape index (κ1) is 20.9. The maximum Gasteiger partial charge on any atom is 0.330 e. The van der Waals surface area contributed by atoms with E-state index < -0.39 is 17.2 Å². The van der Waals surface area contributed by atoms with Crippen molar-refractivity contribution in [2.75, 3.05) is 10.6 Å². The number of carbonyl (C=O) groups is 1. The molecule has 3 aromatic heterocycles. The van der Waals surface area contributed by atoms with Gasteiger partial charge in [-0.25, -0.2) is 4.79 Å². The number of nitrogens with zero attached hydrogens (tertiary/aromatic N) is 3. The van der Waals surface area contributed by atoms with Crippen molar-refractivity contribution in [2.45, 2.75) is 32.9 Å². The van der Waals surface area contributed by atoms with Crippen molar-refractivity contribution in [1.29, 1.82) is 0 Å². The average Bonchev–Trinajstić information content (AvgIpc) is 3.21. The van der Waals surface area contributed by atoms with Crippen LogP contribution in [0.2, 0.25) is 0 Å². The smallest absolute Gasteiger partial charge is 0.330 e. The van der Waals surface area contributed by atoms with E-state index in [0.717, 1.165) is 11.3 Å². The van der Waals surface area contributed by atoms with E-state index in [1.54, 1.807) is 19.2 Å². The fourth-order valence-electron chi connectivity index (χ4n) is 3.02. The van der Waals surface area contributed by atoms with E-state index >= 15 is 0 Å². The van der Waals surface area contributed by atoms with Gasteiger partial charge in [-0.1, -0.05) is 13.3 Å². The topological polar surface area (TPSA) is 136 Å². The van der Waals surface area contributed by atoms with Gasteiger partial charge in [-0.05, 0) is 24.6 Å². The zero-order valence-electron chi connectivity index (χ0n) is 16.8. The van der Waals surface area contributed by atoms with Gasteiger partial charge in [0.1, 0.15) is 11.6 Å². The molecule has 3 aromatic rings. The number of unbranched alkanes of at least 4 members (excludes halogenated alkanes) is 1. The lowest BCUT2D eigenvalue weighted by Crippen LogP contribution is -2.41. The second-order valence-corrected chi connectivity index (χ2v) is 6.83. The lowest BCUT2D eigenvalue weighted by Gasteiger charge is -2.24. The van der Waals surface area contributed by atoms with Crippen LogP contribution in [0.15, 0.2) is 55.5 Å². The Kier molecular flexibility index (Phi) is 6.05. The average molecular weight is 413 g/mol. The van der Waals surface area contributed by atoms with Gasteiger partial charge in [-0.2, -0.15) is 0 Å². The molecular formula is C20H23N5O5. The maximum atomic E-state index is 13.3. The highest BCUT2D eigenvalue weighted by atomic mass is 16.3. The van der Waals surface area contributed by atoms with Gasteiger partial charge in [-0.15, -0.1) is 0 Å². The van der Waals surface area contributed by atoms with E-state index in [-0.39, 0.29) is 29.2 Å². The highest BCUT2D eigenvalue weighted by Gasteiger charge is 2.26. The molecule has 1 amide bonds. The fraction of sp³-hybridized carbons (Fsp3) is 0.300. The van der Waals surface area contributed by atoms with Crippen LogP contribution in [-0.4, -0.2) is 20.0 Å². The summed E-state index contributed by atoms with van der Waals surface area (Å²) in [6.07, 6.45) is 4.36. The van der Waals surface area contributed by atoms with Crippen molar-refractivity contribution in [3.05, 3.63) is 79.2 Å². The fourth-order valence-corrected chi connectivity index (χ4v) is 3.02. The quantitative estimate of drug-likeness (QED) is 0.594. The lowest BCUT2D eigenvalue weighted by molar-refractivity contribution is 0.0982. The minimum atomic E-state index is -0.797. The normalized spacial score (nSPS) is 10.9. The molecule has 0 saturated carbocycles. The van der Waals surface area contributed by atoms with Gasteiger partial charge in [0, 0.05) is 31.4 Å². The molecule has 0 aliphatic heterocycles. The van der Waals surface area contributed by atoms with E-state index in [4.69, 9.17) is 10.2 Å². The zero-order chi connectivity index (χ0) is 21.8. The van der Waals surface area contributed by atoms with Crippen molar-refractivity contribution in [3.63, 3.8) is 0 Å². The number of pyridine rings is 1. The third kappa shape index (κ3) is 4.12. The number of amides is 1. The Hall–Kier alpha value is -3.82. The van der Waals surface area contributed by atoms with E-state index in [1.807, 2.05) is 6.92 Å². The van der Waals surface area contributed by atoms with Crippen molar-refractivity contribution in [3.8, 4) is 0 Å². The molecule has 0 spiro atoms. The van der Waals surface area contributed by atoms with Crippen molar-refractivity contribution in [2.24, 2.45) is 7.05 Å². The number of nitrogens with one attached hydrogen (secondary N) is 1. The largest absolute Gasteiger partial charge is 0.467 e. The first-order valence-corrected chi connectivity index (χ1v) is 9.47. The number of rotatable bonds is 7. The van der Waals surface area contributed by atoms with Gasteiger partial charge in [0.05, 0.1) is 12.8 Å². The van der Waals surface area contributed by atoms with Crippen molar-refractivity contribution < 1.29 is 9.21 Å². The number of nitrogen functional groups attached to an aromatic ring is 1. The summed E-state index contributed by atoms with van der Waals surface area (Å²) in [7, 11) is 1.56. The molecule has 0 unspecified atom stereocenters. The summed E-state index contributed by atoms with van der Waals surface area (Å²) in [5.41, 5.74) is 4.26. The summed E-state index contributed by atoms with van der Waals surface area (Å²) < 4.78 is 7.88. The molecule has 0 aliphatic rings. The molecule has 10 heteroatoms. The monoisotopic (exact) mass is 413 g/mol. The van der Waals surface area contributed by atoms with Crippen molar-refractivity contribution >= 4 is 17.4 Å². The van der Waals surface area contributed by atoms with Crippen LogP contribution in [0.25, 0.3) is 0 Å². The number of aromatic nitrogens is 3. The Balaban J connectivity index is 2.16. The van der Waals surface area contributed by atoms with Crippen molar-refractivity contribution in [1.82, 2.24) is 14.1 Å². The third-order valence-electron chi connectivity index (χ3n) is 4.71. The number of aryl methyl sites for hydroxylation is 1. The van der Waals surface area contributed by atoms with Crippen LogP contribution in [0, 0.1) is 0 Å². The van der Waals surface area contributed by atoms with Gasteiger partial charge in [0.25, 0.3) is 17.0 Å². The zero-order valence-corrected chi connectivity index (χ0v) is 16.8. The number of H-pyrrole nitrogens is 1. The standard InChI is InChI=1S/C20H23N5O5/c1-3-4-8-24-17(21)16(18(27)22-20(24)29)25(12-14-6-5-10-30-14)19(28)13-7-9-23(2)15(26)11-13/h5-7,9-11H,3-4,8,12,21H2,1-2H3,(H,22,27,29). The number of nitrogens with two attached hydrogens (primary N) is 1. The van der Waals surface area contributed by atoms with Crippen LogP contribution in [0.3, 0.4) is 0 Å². The molecule has 3 heterocycles. The van der Waals surface area contributed by atoms with Crippen LogP contribution in [0.1, 0.15) is 35.9 Å². The molecule has 158 valence electrons. The minimum absolute atomic E-state index is 0.0785. The Morgan fingerprint density at radius 2 is 2.03 bits per heavy atom. The predicted molar refractivity (Wildman–Crippen MR) is 112 cm³/mol. The first-order valence-electron chi connectivity index (χ1n) is 9.47. The Morgan fingerprint density at radius 3 is 2.67 bits per heavy atom. The molecule has 3 N–H and O–H groups in total. The van der Waals surface area contributed by atoms with Gasteiger partial charge in [0.2, 0.25) is 0 Å². The molecule has 0 aromatic carbocycles. The molecular weight excluding hydrogens is 390 g/mol. The van der Waals surface area contributed by atoms with E-state index in [1.165, 1.54) is 33.7 Å². The van der Waals surface area contributed by atoms with Crippen LogP contribution in [0.5, 0.6) is 0 Å². The predicted octanol–water partition coefficient (Wildman–Crippen LogP) is 1.06. The van der Waals surface area contributed by atoms with Gasteiger partial charge in [-0.3, -0.25) is 28.8 Å². The molecule has 10 nitrogen and oxygen atoms in total. The second-order valence-electron chi connectivity index (χ2n) is 6.83. The van der Waals surface area contributed by atoms with E-state index in [9.17, 15) is 19.2 Å². The molecule has 0 radical (unpaired) electrons. The first-order chi connectivity index (χ1) is 14.3. The summed E-state index contributed by atoms with van der Waals surface area (Å²) in [5, 5.41) is 0. The van der Waals surface area contributed by atoms with Gasteiger partial charge >= 0.3 is 5.69 Å². The molecule has 0 aliphatic carbocycles. The maximum absolute atomic E-state index is 13.3. The van der Waals surface area contributed by atoms with Crippen LogP contribution in [0.4, 0.5) is 11.5 Å². The highest BCUT2D eigenvalue weighted by Crippen LogP contribution is 2.22. The summed E-state index contributed by atoms with van der Waals surface area (Å²) in [6, 6.07) is 5.93. The Morgan fingerprint density at radius 1 is 1.27 bits per heavy atom. The van der Waals surface area contributed by atoms with Gasteiger partial charge < -0.3 is 14.7 Å². The van der Waals surface area contributed by atoms with Crippen LogP contribution >= 0.6 is 0 Å². The van der Waals surface area contributed by atoms with Crippen LogP contribution < -0.4 is 27.4 Å². The number of anilines is 2. The summed E-state index contributed by atoms with van der Waals surface area (Å²) >= 11 is 0. The SMILES string of the molecule is CCCCn1c(N)c(N(Cc2ccco2)C(=O)c2ccn(C)c(=O)c2)c(=O)[nH]c1=O. The molecule has 0 saturated heterocycles. The number of hydrogen-bond donors (Lipinski definition) is 2. The number of carbonyl (C=O) groups excluding carboxylic acids is 1. The van der Waals surface area contributed by atoms with E-state index in [0.29, 0.717) is 18.7 Å².